The van der Waals surface area contributed by atoms with E-state index in [1.165, 1.54) is 0 Å². The molecule has 0 spiro atoms. The van der Waals surface area contributed by atoms with Crippen LogP contribution in [0, 0.1) is 0 Å². The maximum absolute atomic E-state index is 10.3. The van der Waals surface area contributed by atoms with Gasteiger partial charge in [0.25, 0.3) is 0 Å². The molecule has 0 aromatic carbocycles. The van der Waals surface area contributed by atoms with Gasteiger partial charge in [-0.3, -0.25) is 4.79 Å². The number of aliphatic hydroxyl groups is 1. The van der Waals surface area contributed by atoms with Crippen LogP contribution < -0.4 is 29.6 Å². The van der Waals surface area contributed by atoms with E-state index in [2.05, 4.69) is 0 Å². The zero-order valence-electron chi connectivity index (χ0n) is 7.13. The summed E-state index contributed by atoms with van der Waals surface area (Å²) in [6.07, 6.45) is -0.365. The quantitative estimate of drug-likeness (QED) is 0.358. The van der Waals surface area contributed by atoms with Crippen molar-refractivity contribution >= 4 is 16.1 Å². The van der Waals surface area contributed by atoms with Crippen LogP contribution in [-0.4, -0.2) is 41.0 Å². The van der Waals surface area contributed by atoms with Crippen molar-refractivity contribution in [3.8, 4) is 0 Å². The molecule has 0 heterocycles. The third kappa shape index (κ3) is 6.42. The molecule has 1 unspecified atom stereocenters. The van der Waals surface area contributed by atoms with Gasteiger partial charge in [0.1, 0.15) is 15.4 Å². The fraction of sp³-hybridized carbons (Fsp3) is 0.800. The minimum absolute atomic E-state index is 0. The Labute approximate surface area is 98.0 Å². The van der Waals surface area contributed by atoms with Gasteiger partial charge in [0.15, 0.2) is 0 Å². The molecule has 0 amide bonds. The second kappa shape index (κ2) is 6.74. The van der Waals surface area contributed by atoms with Gasteiger partial charge in [0, 0.05) is 6.61 Å². The summed E-state index contributed by atoms with van der Waals surface area (Å²) >= 11 is 0. The van der Waals surface area contributed by atoms with Crippen LogP contribution in [0.4, 0.5) is 0 Å². The Hall–Kier alpha value is 0.340. The van der Waals surface area contributed by atoms with E-state index in [-0.39, 0.29) is 49.0 Å². The molecule has 0 aliphatic rings. The third-order valence-electron chi connectivity index (χ3n) is 1.25. The van der Waals surface area contributed by atoms with E-state index < -0.39 is 21.3 Å². The van der Waals surface area contributed by atoms with Crippen molar-refractivity contribution in [3.05, 3.63) is 0 Å². The molecule has 0 aliphatic carbocycles. The topological polar surface area (TPSA) is 115 Å². The Morgan fingerprint density at radius 1 is 1.46 bits per heavy atom. The molecule has 1 atom stereocenters. The number of hydrogen-bond acceptors (Lipinski definition) is 5. The number of aliphatic hydroxyl groups excluding tert-OH is 1. The van der Waals surface area contributed by atoms with Gasteiger partial charge in [-0.2, -0.15) is 0 Å². The molecule has 0 saturated heterocycles. The van der Waals surface area contributed by atoms with E-state index in [9.17, 15) is 17.8 Å². The first-order valence-corrected chi connectivity index (χ1v) is 4.65. The van der Waals surface area contributed by atoms with E-state index in [0.717, 1.165) is 0 Å². The fourth-order valence-electron chi connectivity index (χ4n) is 0.668. The summed E-state index contributed by atoms with van der Waals surface area (Å²) in [5, 5.41) is 14.6. The van der Waals surface area contributed by atoms with Gasteiger partial charge in [-0.15, -0.1) is 0 Å². The standard InChI is InChI=1S/C5H10O6S.Na/c6-3-1-2-4(5(7)8)12(9,10)11;/h4,6H,1-3H2,(H,7,8)(H,9,10,11);/q;+1/p-1. The molecule has 6 nitrogen and oxygen atoms in total. The average molecular weight is 220 g/mol. The minimum atomic E-state index is -4.80. The molecule has 0 aromatic rings. The molecular formula is C5H9NaO6S. The van der Waals surface area contributed by atoms with Crippen LogP contribution in [0.2, 0.25) is 0 Å². The van der Waals surface area contributed by atoms with Gasteiger partial charge >= 0.3 is 35.5 Å². The van der Waals surface area contributed by atoms with Crippen molar-refractivity contribution in [2.75, 3.05) is 6.61 Å². The maximum Gasteiger partial charge on any atom is 1.00 e. The van der Waals surface area contributed by atoms with Crippen molar-refractivity contribution in [2.45, 2.75) is 18.1 Å². The van der Waals surface area contributed by atoms with Crippen LogP contribution in [0.1, 0.15) is 12.8 Å². The van der Waals surface area contributed by atoms with Crippen molar-refractivity contribution in [2.24, 2.45) is 0 Å². The number of carboxylic acids is 1. The smallest absolute Gasteiger partial charge is 0.747 e. The zero-order valence-corrected chi connectivity index (χ0v) is 9.95. The summed E-state index contributed by atoms with van der Waals surface area (Å²) in [5.74, 6) is -1.67. The predicted octanol–water partition coefficient (Wildman–Crippen LogP) is -4.24. The van der Waals surface area contributed by atoms with E-state index >= 15 is 0 Å². The van der Waals surface area contributed by atoms with Crippen molar-refractivity contribution in [1.82, 2.24) is 0 Å². The van der Waals surface area contributed by atoms with Crippen LogP contribution in [-0.2, 0) is 14.9 Å². The van der Waals surface area contributed by atoms with Gasteiger partial charge in [0.2, 0.25) is 0 Å². The average Bonchev–Trinajstić information content (AvgIpc) is 1.84. The van der Waals surface area contributed by atoms with Crippen molar-refractivity contribution in [1.29, 1.82) is 0 Å². The van der Waals surface area contributed by atoms with Crippen LogP contribution >= 0.6 is 0 Å². The molecule has 0 radical (unpaired) electrons. The zero-order chi connectivity index (χ0) is 9.78. The summed E-state index contributed by atoms with van der Waals surface area (Å²) < 4.78 is 30.8. The molecule has 0 rings (SSSR count). The summed E-state index contributed by atoms with van der Waals surface area (Å²) in [7, 11) is -4.80. The first kappa shape index (κ1) is 15.8. The number of hydrogen-bond donors (Lipinski definition) is 2. The molecule has 0 saturated carbocycles. The Kier molecular flexibility index (Phi) is 8.19. The summed E-state index contributed by atoms with van der Waals surface area (Å²) in [6.45, 7) is -0.334. The molecule has 0 aliphatic heterocycles. The molecule has 8 heteroatoms. The van der Waals surface area contributed by atoms with Crippen LogP contribution in [0.3, 0.4) is 0 Å². The normalized spacial score (nSPS) is 13.1. The fourth-order valence-corrected chi connectivity index (χ4v) is 1.37. The largest absolute Gasteiger partial charge is 1.00 e. The first-order chi connectivity index (χ1) is 5.39. The number of carbonyl (C=O) groups is 1. The van der Waals surface area contributed by atoms with E-state index in [4.69, 9.17) is 10.2 Å². The maximum atomic E-state index is 10.3. The van der Waals surface area contributed by atoms with E-state index in [1.54, 1.807) is 0 Å². The molecule has 72 valence electrons. The van der Waals surface area contributed by atoms with E-state index in [1.807, 2.05) is 0 Å². The monoisotopic (exact) mass is 220 g/mol. The third-order valence-corrected chi connectivity index (χ3v) is 2.38. The number of carboxylic acid groups (broad SMARTS) is 1. The SMILES string of the molecule is O=C(O)C(CCCO)S(=O)(=O)[O-].[Na+]. The molecule has 0 fully saturated rings. The van der Waals surface area contributed by atoms with Crippen molar-refractivity contribution in [3.63, 3.8) is 0 Å². The van der Waals surface area contributed by atoms with Crippen LogP contribution in [0.5, 0.6) is 0 Å². The predicted molar refractivity (Wildman–Crippen MR) is 37.4 cm³/mol. The van der Waals surface area contributed by atoms with E-state index in [0.29, 0.717) is 0 Å². The summed E-state index contributed by atoms with van der Waals surface area (Å²) in [5.41, 5.74) is 0. The molecule has 2 N–H and O–H groups in total. The minimum Gasteiger partial charge on any atom is -0.747 e. The Bertz CT molecular complexity index is 248. The van der Waals surface area contributed by atoms with Gasteiger partial charge in [-0.05, 0) is 12.8 Å². The first-order valence-electron chi connectivity index (χ1n) is 3.18. The van der Waals surface area contributed by atoms with Crippen LogP contribution in [0.25, 0.3) is 0 Å². The Morgan fingerprint density at radius 3 is 2.15 bits per heavy atom. The summed E-state index contributed by atoms with van der Waals surface area (Å²) in [6, 6.07) is 0. The molecular weight excluding hydrogens is 211 g/mol. The second-order valence-corrected chi connectivity index (χ2v) is 3.74. The van der Waals surface area contributed by atoms with Gasteiger partial charge in [-0.1, -0.05) is 0 Å². The van der Waals surface area contributed by atoms with Gasteiger partial charge in [-0.25, -0.2) is 8.42 Å². The Balaban J connectivity index is 0. The molecule has 13 heavy (non-hydrogen) atoms. The molecule has 0 bridgehead atoms. The van der Waals surface area contributed by atoms with Crippen molar-refractivity contribution < 1.29 is 57.5 Å². The number of rotatable bonds is 5. The van der Waals surface area contributed by atoms with Gasteiger partial charge in [0.05, 0.1) is 0 Å². The Morgan fingerprint density at radius 2 is 1.92 bits per heavy atom. The molecule has 0 aromatic heterocycles. The number of aliphatic carboxylic acids is 1. The summed E-state index contributed by atoms with van der Waals surface area (Å²) in [4.78, 5) is 10.2. The van der Waals surface area contributed by atoms with Gasteiger partial charge < -0.3 is 14.8 Å². The second-order valence-electron chi connectivity index (χ2n) is 2.19. The van der Waals surface area contributed by atoms with Crippen LogP contribution in [0.15, 0.2) is 0 Å².